The number of hydrogen-bond acceptors (Lipinski definition) is 3. The molecule has 0 aliphatic heterocycles. The Balaban J connectivity index is 2.18. The number of carbonyl (C=O) groups is 1. The van der Waals surface area contributed by atoms with E-state index in [2.05, 4.69) is 37.2 Å². The smallest absolute Gasteiger partial charge is 0.240 e. The van der Waals surface area contributed by atoms with Gasteiger partial charge in [-0.05, 0) is 50.8 Å². The van der Waals surface area contributed by atoms with Gasteiger partial charge in [0.1, 0.15) is 6.04 Å². The summed E-state index contributed by atoms with van der Waals surface area (Å²) in [6.07, 6.45) is 2.27. The molecule has 15 heavy (non-hydrogen) atoms. The van der Waals surface area contributed by atoms with Crippen molar-refractivity contribution in [3.05, 3.63) is 19.2 Å². The van der Waals surface area contributed by atoms with Crippen LogP contribution in [0.25, 0.3) is 0 Å². The summed E-state index contributed by atoms with van der Waals surface area (Å²) in [5.41, 5.74) is 5.38. The van der Waals surface area contributed by atoms with E-state index in [0.717, 1.165) is 26.0 Å². The van der Waals surface area contributed by atoms with Crippen LogP contribution < -0.4 is 11.1 Å². The van der Waals surface area contributed by atoms with Gasteiger partial charge in [-0.3, -0.25) is 10.1 Å². The molecule has 0 saturated heterocycles. The normalized spacial score (nSPS) is 17.7. The predicted molar refractivity (Wildman–Crippen MR) is 67.8 cm³/mol. The van der Waals surface area contributed by atoms with Gasteiger partial charge >= 0.3 is 0 Å². The maximum Gasteiger partial charge on any atom is 0.240 e. The zero-order valence-corrected chi connectivity index (χ0v) is 11.8. The first-order chi connectivity index (χ1) is 7.08. The second-order valence-electron chi connectivity index (χ2n) is 3.55. The van der Waals surface area contributed by atoms with E-state index < -0.39 is 0 Å². The molecule has 1 saturated carbocycles. The summed E-state index contributed by atoms with van der Waals surface area (Å²) < 4.78 is 1.95. The lowest BCUT2D eigenvalue weighted by molar-refractivity contribution is -0.120. The zero-order valence-electron chi connectivity index (χ0n) is 7.80. The average molecular weight is 354 g/mol. The Morgan fingerprint density at radius 1 is 1.60 bits per heavy atom. The summed E-state index contributed by atoms with van der Waals surface area (Å²) >= 11 is 8.33. The Morgan fingerprint density at radius 2 is 2.27 bits per heavy atom. The van der Waals surface area contributed by atoms with Gasteiger partial charge in [-0.25, -0.2) is 0 Å². The number of carbonyl (C=O) groups excluding carboxylic acids is 1. The third-order valence-corrected chi connectivity index (χ3v) is 5.53. The Labute approximate surface area is 109 Å². The van der Waals surface area contributed by atoms with Crippen LogP contribution in [0.4, 0.5) is 0 Å². The molecular formula is C9H10Br2N2OS. The Kier molecular flexibility index (Phi) is 3.49. The van der Waals surface area contributed by atoms with Crippen LogP contribution in [0.3, 0.4) is 0 Å². The molecule has 1 fully saturated rings. The summed E-state index contributed by atoms with van der Waals surface area (Å²) in [6.45, 7) is 0. The molecular weight excluding hydrogens is 344 g/mol. The van der Waals surface area contributed by atoms with E-state index in [0.29, 0.717) is 6.04 Å². The Bertz CT molecular complexity index is 370. The SMILES string of the molecule is NC(=O)C(NC1CC1)c1cc(Br)c(Br)s1. The molecule has 1 aliphatic rings. The average Bonchev–Trinajstić information content (AvgIpc) is 2.91. The highest BCUT2D eigenvalue weighted by molar-refractivity contribution is 9.13. The summed E-state index contributed by atoms with van der Waals surface area (Å²) in [6, 6.07) is 2.03. The highest BCUT2D eigenvalue weighted by Crippen LogP contribution is 2.36. The van der Waals surface area contributed by atoms with Gasteiger partial charge in [0, 0.05) is 15.4 Å². The van der Waals surface area contributed by atoms with Gasteiger partial charge in [-0.2, -0.15) is 0 Å². The maximum atomic E-state index is 11.3. The fraction of sp³-hybridized carbons (Fsp3) is 0.444. The fourth-order valence-corrected chi connectivity index (χ4v) is 3.45. The third-order valence-electron chi connectivity index (χ3n) is 2.21. The Hall–Kier alpha value is 0.0900. The molecule has 0 aromatic carbocycles. The second kappa shape index (κ2) is 4.53. The van der Waals surface area contributed by atoms with Gasteiger partial charge in [0.05, 0.1) is 3.79 Å². The first kappa shape index (κ1) is 11.6. The van der Waals surface area contributed by atoms with Gasteiger partial charge in [0.2, 0.25) is 5.91 Å². The third kappa shape index (κ3) is 2.81. The van der Waals surface area contributed by atoms with Crippen LogP contribution in [0.5, 0.6) is 0 Å². The number of thiophene rings is 1. The number of nitrogens with one attached hydrogen (secondary N) is 1. The molecule has 3 N–H and O–H groups in total. The predicted octanol–water partition coefficient (Wildman–Crippen LogP) is 2.55. The van der Waals surface area contributed by atoms with Crippen molar-refractivity contribution in [3.8, 4) is 0 Å². The van der Waals surface area contributed by atoms with Crippen molar-refractivity contribution in [1.82, 2.24) is 5.32 Å². The fourth-order valence-electron chi connectivity index (χ4n) is 1.30. The van der Waals surface area contributed by atoms with Crippen LogP contribution in [-0.4, -0.2) is 11.9 Å². The standard InChI is InChI=1S/C9H10Br2N2OS/c10-5-3-6(15-8(5)11)7(9(12)14)13-4-1-2-4/h3-4,7,13H,1-2H2,(H2,12,14). The number of rotatable bonds is 4. The molecule has 1 amide bonds. The molecule has 1 aromatic rings. The van der Waals surface area contributed by atoms with Crippen LogP contribution in [0, 0.1) is 0 Å². The maximum absolute atomic E-state index is 11.3. The highest BCUT2D eigenvalue weighted by Gasteiger charge is 2.29. The lowest BCUT2D eigenvalue weighted by atomic mass is 10.2. The minimum absolute atomic E-state index is 0.317. The molecule has 6 heteroatoms. The summed E-state index contributed by atoms with van der Waals surface area (Å²) in [5, 5.41) is 3.24. The minimum atomic E-state index is -0.356. The molecule has 1 heterocycles. The van der Waals surface area contributed by atoms with E-state index in [1.807, 2.05) is 6.07 Å². The number of amides is 1. The van der Waals surface area contributed by atoms with Crippen molar-refractivity contribution in [2.75, 3.05) is 0 Å². The molecule has 82 valence electrons. The van der Waals surface area contributed by atoms with Gasteiger partial charge in [0.15, 0.2) is 0 Å². The molecule has 1 aliphatic carbocycles. The summed E-state index contributed by atoms with van der Waals surface area (Å²) in [7, 11) is 0. The number of halogens is 2. The van der Waals surface area contributed by atoms with E-state index in [1.165, 1.54) is 11.3 Å². The van der Waals surface area contributed by atoms with Crippen molar-refractivity contribution < 1.29 is 4.79 Å². The van der Waals surface area contributed by atoms with Crippen LogP contribution in [0.1, 0.15) is 23.8 Å². The van der Waals surface area contributed by atoms with Gasteiger partial charge in [-0.15, -0.1) is 11.3 Å². The molecule has 1 unspecified atom stereocenters. The molecule has 1 atom stereocenters. The molecule has 2 rings (SSSR count). The van der Waals surface area contributed by atoms with Crippen molar-refractivity contribution in [3.63, 3.8) is 0 Å². The van der Waals surface area contributed by atoms with Crippen LogP contribution in [0.2, 0.25) is 0 Å². The van der Waals surface area contributed by atoms with Gasteiger partial charge in [0.25, 0.3) is 0 Å². The monoisotopic (exact) mass is 352 g/mol. The second-order valence-corrected chi connectivity index (χ2v) is 6.80. The van der Waals surface area contributed by atoms with Crippen molar-refractivity contribution >= 4 is 49.1 Å². The van der Waals surface area contributed by atoms with Gasteiger partial charge in [-0.1, -0.05) is 0 Å². The van der Waals surface area contributed by atoms with E-state index in [1.54, 1.807) is 0 Å². The topological polar surface area (TPSA) is 55.1 Å². The quantitative estimate of drug-likeness (QED) is 0.873. The van der Waals surface area contributed by atoms with Crippen molar-refractivity contribution in [1.29, 1.82) is 0 Å². The summed E-state index contributed by atoms with van der Waals surface area (Å²) in [4.78, 5) is 12.3. The number of primary amides is 1. The van der Waals surface area contributed by atoms with E-state index in [-0.39, 0.29) is 11.9 Å². The van der Waals surface area contributed by atoms with Crippen LogP contribution in [0.15, 0.2) is 14.3 Å². The van der Waals surface area contributed by atoms with Crippen LogP contribution >= 0.6 is 43.2 Å². The Morgan fingerprint density at radius 3 is 2.67 bits per heavy atom. The first-order valence-corrected chi connectivity index (χ1v) is 6.98. The molecule has 0 bridgehead atoms. The lowest BCUT2D eigenvalue weighted by Gasteiger charge is -2.12. The summed E-state index contributed by atoms with van der Waals surface area (Å²) in [5.74, 6) is -0.317. The largest absolute Gasteiger partial charge is 0.368 e. The number of hydrogen-bond donors (Lipinski definition) is 2. The highest BCUT2D eigenvalue weighted by atomic mass is 79.9. The number of nitrogens with two attached hydrogens (primary N) is 1. The van der Waals surface area contributed by atoms with E-state index in [9.17, 15) is 4.79 Å². The van der Waals surface area contributed by atoms with Crippen molar-refractivity contribution in [2.45, 2.75) is 24.9 Å². The van der Waals surface area contributed by atoms with E-state index in [4.69, 9.17) is 5.73 Å². The zero-order chi connectivity index (χ0) is 11.0. The minimum Gasteiger partial charge on any atom is -0.368 e. The first-order valence-electron chi connectivity index (χ1n) is 4.58. The molecule has 1 aromatic heterocycles. The van der Waals surface area contributed by atoms with Crippen LogP contribution in [-0.2, 0) is 4.79 Å². The lowest BCUT2D eigenvalue weighted by Crippen LogP contribution is -2.34. The molecule has 0 radical (unpaired) electrons. The van der Waals surface area contributed by atoms with E-state index >= 15 is 0 Å². The van der Waals surface area contributed by atoms with Crippen molar-refractivity contribution in [2.24, 2.45) is 5.73 Å². The van der Waals surface area contributed by atoms with Gasteiger partial charge < -0.3 is 5.73 Å². The molecule has 0 spiro atoms. The molecule has 3 nitrogen and oxygen atoms in total.